The van der Waals surface area contributed by atoms with Crippen LogP contribution >= 0.6 is 0 Å². The zero-order valence-corrected chi connectivity index (χ0v) is 15.6. The molecule has 2 saturated heterocycles. The zero-order valence-electron chi connectivity index (χ0n) is 11.3. The first-order valence-corrected chi connectivity index (χ1v) is 16.3. The molecular formula is C9H24O4Si4. The molecule has 8 heteroatoms. The summed E-state index contributed by atoms with van der Waals surface area (Å²) in [6.07, 6.45) is 0. The van der Waals surface area contributed by atoms with Crippen LogP contribution in [0, 0.1) is 0 Å². The van der Waals surface area contributed by atoms with Crippen molar-refractivity contribution >= 4 is 35.2 Å². The quantitative estimate of drug-likeness (QED) is 0.724. The maximum atomic E-state index is 6.26. The van der Waals surface area contributed by atoms with E-state index in [9.17, 15) is 0 Å². The van der Waals surface area contributed by atoms with Gasteiger partial charge in [0.15, 0.2) is 16.6 Å². The van der Waals surface area contributed by atoms with Gasteiger partial charge in [0.05, 0.1) is 0 Å². The Bertz CT molecular complexity index is 256. The predicted molar refractivity (Wildman–Crippen MR) is 77.8 cm³/mol. The van der Waals surface area contributed by atoms with Crippen LogP contribution in [0.5, 0.6) is 0 Å². The van der Waals surface area contributed by atoms with Crippen LogP contribution in [0.1, 0.15) is 0 Å². The molecule has 0 aromatic heterocycles. The maximum Gasteiger partial charge on any atom is 0.307 e. The van der Waals surface area contributed by atoms with Crippen molar-refractivity contribution in [2.45, 2.75) is 43.9 Å². The largest absolute Gasteiger partial charge is 0.438 e. The topological polar surface area (TPSA) is 36.9 Å². The highest BCUT2D eigenvalue weighted by Crippen LogP contribution is 2.33. The van der Waals surface area contributed by atoms with E-state index in [1.54, 1.807) is 0 Å². The summed E-state index contributed by atoms with van der Waals surface area (Å²) in [5.74, 6) is 0. The van der Waals surface area contributed by atoms with E-state index in [1.165, 1.54) is 5.67 Å². The first kappa shape index (κ1) is 14.1. The van der Waals surface area contributed by atoms with Crippen molar-refractivity contribution in [2.24, 2.45) is 0 Å². The smallest absolute Gasteiger partial charge is 0.307 e. The van der Waals surface area contributed by atoms with Gasteiger partial charge in [-0.1, -0.05) is 0 Å². The molecule has 2 rings (SSSR count). The van der Waals surface area contributed by atoms with Crippen LogP contribution < -0.4 is 0 Å². The summed E-state index contributed by atoms with van der Waals surface area (Å²) in [4.78, 5) is 0. The maximum absolute atomic E-state index is 6.26. The second-order valence-electron chi connectivity index (χ2n) is 5.69. The third-order valence-corrected chi connectivity index (χ3v) is 20.7. The van der Waals surface area contributed by atoms with Crippen molar-refractivity contribution in [2.75, 3.05) is 13.2 Å². The fraction of sp³-hybridized carbons (Fsp3) is 1.00. The van der Waals surface area contributed by atoms with Crippen molar-refractivity contribution < 1.29 is 17.1 Å². The van der Waals surface area contributed by atoms with Gasteiger partial charge in [-0.15, -0.1) is 0 Å². The summed E-state index contributed by atoms with van der Waals surface area (Å²) >= 11 is 0. The van der Waals surface area contributed by atoms with Crippen LogP contribution in [0.25, 0.3) is 0 Å². The number of rotatable bonds is 2. The second-order valence-corrected chi connectivity index (χ2v) is 18.7. The highest BCUT2D eigenvalue weighted by molar-refractivity contribution is 6.94. The highest BCUT2D eigenvalue weighted by Gasteiger charge is 2.45. The first-order valence-electron chi connectivity index (χ1n) is 6.50. The van der Waals surface area contributed by atoms with Crippen molar-refractivity contribution in [3.63, 3.8) is 0 Å². The van der Waals surface area contributed by atoms with E-state index < -0.39 is 35.2 Å². The molecule has 2 aliphatic rings. The molecule has 0 spiro atoms. The lowest BCUT2D eigenvalue weighted by Gasteiger charge is -2.43. The molecule has 17 heavy (non-hydrogen) atoms. The molecule has 0 N–H and O–H groups in total. The van der Waals surface area contributed by atoms with Crippen LogP contribution in [0.2, 0.25) is 43.9 Å². The van der Waals surface area contributed by atoms with E-state index >= 15 is 0 Å². The Morgan fingerprint density at radius 2 is 1.29 bits per heavy atom. The molecule has 2 aliphatic heterocycles. The molecule has 0 aromatic rings. The van der Waals surface area contributed by atoms with Crippen molar-refractivity contribution in [1.82, 2.24) is 0 Å². The molecule has 4 nitrogen and oxygen atoms in total. The Balaban J connectivity index is 1.98. The average Bonchev–Trinajstić information content (AvgIpc) is 2.14. The Kier molecular flexibility index (Phi) is 4.46. The minimum Gasteiger partial charge on any atom is -0.438 e. The Morgan fingerprint density at radius 1 is 0.882 bits per heavy atom. The van der Waals surface area contributed by atoms with Gasteiger partial charge in [-0.2, -0.15) is 0 Å². The monoisotopic (exact) mass is 308 g/mol. The molecule has 2 fully saturated rings. The zero-order chi connectivity index (χ0) is 12.5. The lowest BCUT2D eigenvalue weighted by Crippen LogP contribution is -2.56. The van der Waals surface area contributed by atoms with Gasteiger partial charge in [-0.05, 0) is 43.9 Å². The normalized spacial score (nSPS) is 48.0. The Morgan fingerprint density at radius 3 is 1.65 bits per heavy atom. The summed E-state index contributed by atoms with van der Waals surface area (Å²) in [6, 6.07) is 2.29. The molecule has 0 amide bonds. The van der Waals surface area contributed by atoms with Gasteiger partial charge < -0.3 is 17.1 Å². The van der Waals surface area contributed by atoms with Crippen LogP contribution in [0.4, 0.5) is 0 Å². The van der Waals surface area contributed by atoms with Gasteiger partial charge in [0.2, 0.25) is 0 Å². The fourth-order valence-electron chi connectivity index (χ4n) is 2.92. The van der Waals surface area contributed by atoms with Gasteiger partial charge in [-0.25, -0.2) is 0 Å². The van der Waals surface area contributed by atoms with Crippen LogP contribution in [0.15, 0.2) is 0 Å². The van der Waals surface area contributed by atoms with Crippen LogP contribution in [-0.2, 0) is 17.1 Å². The molecule has 0 bridgehead atoms. The predicted octanol–water partition coefficient (Wildman–Crippen LogP) is 1.47. The van der Waals surface area contributed by atoms with Crippen molar-refractivity contribution in [3.8, 4) is 0 Å². The van der Waals surface area contributed by atoms with Gasteiger partial charge >= 0.3 is 18.6 Å². The molecule has 0 aromatic carbocycles. The molecule has 0 saturated carbocycles. The lowest BCUT2D eigenvalue weighted by molar-refractivity contribution is 0.245. The molecule has 100 valence electrons. The van der Waals surface area contributed by atoms with Crippen molar-refractivity contribution in [1.29, 1.82) is 0 Å². The molecule has 0 radical (unpaired) electrons. The lowest BCUT2D eigenvalue weighted by atomic mass is 10.9. The van der Waals surface area contributed by atoms with Gasteiger partial charge in [0.25, 0.3) is 0 Å². The summed E-state index contributed by atoms with van der Waals surface area (Å²) in [7, 11) is -5.76. The third-order valence-electron chi connectivity index (χ3n) is 3.62. The summed E-state index contributed by atoms with van der Waals surface area (Å²) < 4.78 is 23.8. The van der Waals surface area contributed by atoms with Crippen molar-refractivity contribution in [3.05, 3.63) is 0 Å². The van der Waals surface area contributed by atoms with E-state index in [4.69, 9.17) is 17.1 Å². The standard InChI is InChI=1S/C9H24O4Si4/c1-14-10-5-7-16(3,12-14)9-17(4)8-6-11-15(2)13-17/h14-15H,5-9H2,1-4H3. The molecule has 2 heterocycles. The minimum atomic E-state index is -1.55. The Hall–Kier alpha value is 0.708. The van der Waals surface area contributed by atoms with Crippen LogP contribution in [0.3, 0.4) is 0 Å². The Labute approximate surface area is 110 Å². The van der Waals surface area contributed by atoms with Crippen LogP contribution in [-0.4, -0.2) is 48.4 Å². The molecule has 4 atom stereocenters. The minimum absolute atomic E-state index is 0.921. The summed E-state index contributed by atoms with van der Waals surface area (Å²) in [5.41, 5.74) is 1.24. The molecule has 0 aliphatic carbocycles. The first-order chi connectivity index (χ1) is 7.91. The second kappa shape index (κ2) is 5.37. The molecular weight excluding hydrogens is 284 g/mol. The fourth-order valence-corrected chi connectivity index (χ4v) is 23.2. The van der Waals surface area contributed by atoms with E-state index in [0.717, 1.165) is 25.3 Å². The number of hydrogen-bond acceptors (Lipinski definition) is 4. The van der Waals surface area contributed by atoms with E-state index in [1.807, 2.05) is 0 Å². The summed E-state index contributed by atoms with van der Waals surface area (Å²) in [5, 5.41) is 0. The highest BCUT2D eigenvalue weighted by atomic mass is 28.5. The van der Waals surface area contributed by atoms with Gasteiger partial charge in [-0.3, -0.25) is 0 Å². The number of hydrogen-bond donors (Lipinski definition) is 0. The van der Waals surface area contributed by atoms with Gasteiger partial charge in [0, 0.05) is 13.2 Å². The third kappa shape index (κ3) is 3.83. The average molecular weight is 309 g/mol. The van der Waals surface area contributed by atoms with E-state index in [0.29, 0.717) is 0 Å². The summed E-state index contributed by atoms with van der Waals surface area (Å²) in [6.45, 7) is 10.9. The van der Waals surface area contributed by atoms with E-state index in [2.05, 4.69) is 26.2 Å². The molecule has 4 unspecified atom stereocenters. The van der Waals surface area contributed by atoms with E-state index in [-0.39, 0.29) is 0 Å². The SMILES string of the molecule is C[SiH]1OCC[Si](C)(C[Si]2(C)CCO[SiH](C)O2)O1. The van der Waals surface area contributed by atoms with Gasteiger partial charge in [0.1, 0.15) is 0 Å².